The van der Waals surface area contributed by atoms with E-state index < -0.39 is 0 Å². The highest BCUT2D eigenvalue weighted by atomic mass is 16.5. The Bertz CT molecular complexity index is 645. The minimum absolute atomic E-state index is 0.281. The summed E-state index contributed by atoms with van der Waals surface area (Å²) in [5, 5.41) is 11.7. The Morgan fingerprint density at radius 1 is 1.35 bits per heavy atom. The van der Waals surface area contributed by atoms with Gasteiger partial charge in [-0.2, -0.15) is 5.26 Å². The van der Waals surface area contributed by atoms with E-state index in [1.54, 1.807) is 7.11 Å². The van der Waals surface area contributed by atoms with Gasteiger partial charge in [0.1, 0.15) is 11.8 Å². The number of ether oxygens (including phenoxy) is 1. The summed E-state index contributed by atoms with van der Waals surface area (Å²) in [6.07, 6.45) is 2.88. The number of rotatable bonds is 4. The van der Waals surface area contributed by atoms with Crippen molar-refractivity contribution in [3.05, 3.63) is 59.4 Å². The number of methoxy groups -OCH3 is 1. The molecule has 0 saturated carbocycles. The van der Waals surface area contributed by atoms with E-state index in [9.17, 15) is 4.79 Å². The van der Waals surface area contributed by atoms with Crippen LogP contribution in [0.15, 0.2) is 42.7 Å². The Labute approximate surface area is 116 Å². The molecule has 20 heavy (non-hydrogen) atoms. The Balaban J connectivity index is 2.03. The number of amides is 1. The predicted octanol–water partition coefficient (Wildman–Crippen LogP) is 1.89. The lowest BCUT2D eigenvalue weighted by Crippen LogP contribution is -2.23. The summed E-state index contributed by atoms with van der Waals surface area (Å²) in [5.74, 6) is 0.449. The molecule has 2 rings (SSSR count). The first kappa shape index (κ1) is 13.6. The molecule has 1 aromatic heterocycles. The number of carbonyl (C=O) groups is 1. The van der Waals surface area contributed by atoms with E-state index in [0.717, 1.165) is 11.3 Å². The number of pyridine rings is 1. The molecule has 0 aliphatic carbocycles. The highest BCUT2D eigenvalue weighted by molar-refractivity contribution is 5.96. The molecule has 1 amide bonds. The number of nitriles is 1. The molecule has 0 spiro atoms. The Morgan fingerprint density at radius 2 is 2.10 bits per heavy atom. The van der Waals surface area contributed by atoms with Gasteiger partial charge in [0.15, 0.2) is 0 Å². The number of benzene rings is 1. The lowest BCUT2D eigenvalue weighted by atomic mass is 10.1. The second kappa shape index (κ2) is 6.34. The molecular weight excluding hydrogens is 254 g/mol. The standard InChI is InChI=1S/C15H13N3O2/c1-20-13-4-2-11(3-5-13)9-18-15(19)14-10-17-7-6-12(14)8-16/h2-7,10H,9H2,1H3,(H,18,19). The molecule has 5 heteroatoms. The van der Waals surface area contributed by atoms with Crippen LogP contribution in [-0.2, 0) is 6.54 Å². The molecular formula is C15H13N3O2. The van der Waals surface area contributed by atoms with Gasteiger partial charge in [-0.05, 0) is 23.8 Å². The first-order valence-electron chi connectivity index (χ1n) is 6.00. The molecule has 1 aromatic carbocycles. The van der Waals surface area contributed by atoms with Gasteiger partial charge in [0.2, 0.25) is 0 Å². The molecule has 0 radical (unpaired) electrons. The van der Waals surface area contributed by atoms with E-state index in [4.69, 9.17) is 10.00 Å². The largest absolute Gasteiger partial charge is 0.497 e. The van der Waals surface area contributed by atoms with Crippen molar-refractivity contribution in [1.82, 2.24) is 10.3 Å². The van der Waals surface area contributed by atoms with Crippen molar-refractivity contribution in [2.45, 2.75) is 6.54 Å². The lowest BCUT2D eigenvalue weighted by Gasteiger charge is -2.07. The van der Waals surface area contributed by atoms with Crippen LogP contribution in [0.1, 0.15) is 21.5 Å². The topological polar surface area (TPSA) is 75.0 Å². The van der Waals surface area contributed by atoms with E-state index in [2.05, 4.69) is 10.3 Å². The van der Waals surface area contributed by atoms with Gasteiger partial charge >= 0.3 is 0 Å². The molecule has 0 saturated heterocycles. The van der Waals surface area contributed by atoms with Crippen molar-refractivity contribution in [1.29, 1.82) is 5.26 Å². The second-order valence-electron chi connectivity index (χ2n) is 4.06. The number of nitrogens with zero attached hydrogens (tertiary/aromatic N) is 2. The van der Waals surface area contributed by atoms with Crippen LogP contribution in [0.2, 0.25) is 0 Å². The summed E-state index contributed by atoms with van der Waals surface area (Å²) < 4.78 is 5.06. The van der Waals surface area contributed by atoms with Crippen LogP contribution >= 0.6 is 0 Å². The molecule has 2 aromatic rings. The zero-order chi connectivity index (χ0) is 14.4. The van der Waals surface area contributed by atoms with Crippen molar-refractivity contribution in [2.75, 3.05) is 7.11 Å². The average molecular weight is 267 g/mol. The van der Waals surface area contributed by atoms with E-state index in [0.29, 0.717) is 12.1 Å². The van der Waals surface area contributed by atoms with Crippen molar-refractivity contribution >= 4 is 5.91 Å². The minimum atomic E-state index is -0.314. The normalized spacial score (nSPS) is 9.60. The second-order valence-corrected chi connectivity index (χ2v) is 4.06. The smallest absolute Gasteiger partial charge is 0.254 e. The fourth-order valence-electron chi connectivity index (χ4n) is 1.69. The van der Waals surface area contributed by atoms with Gasteiger partial charge in [0.05, 0.1) is 18.2 Å². The third kappa shape index (κ3) is 3.12. The van der Waals surface area contributed by atoms with Gasteiger partial charge in [0, 0.05) is 18.9 Å². The Kier molecular flexibility index (Phi) is 4.30. The van der Waals surface area contributed by atoms with Gasteiger partial charge in [-0.25, -0.2) is 0 Å². The molecule has 1 N–H and O–H groups in total. The number of nitrogens with one attached hydrogen (secondary N) is 1. The summed E-state index contributed by atoms with van der Waals surface area (Å²) in [4.78, 5) is 15.9. The van der Waals surface area contributed by atoms with Crippen LogP contribution in [-0.4, -0.2) is 18.0 Å². The van der Waals surface area contributed by atoms with Crippen LogP contribution in [0.5, 0.6) is 5.75 Å². The van der Waals surface area contributed by atoms with Crippen molar-refractivity contribution in [2.24, 2.45) is 0 Å². The lowest BCUT2D eigenvalue weighted by molar-refractivity contribution is 0.0950. The molecule has 0 atom stereocenters. The monoisotopic (exact) mass is 267 g/mol. The van der Waals surface area contributed by atoms with Crippen molar-refractivity contribution in [3.63, 3.8) is 0 Å². The SMILES string of the molecule is COc1ccc(CNC(=O)c2cnccc2C#N)cc1. The first-order valence-corrected chi connectivity index (χ1v) is 6.00. The maximum absolute atomic E-state index is 12.0. The van der Waals surface area contributed by atoms with Gasteiger partial charge in [0.25, 0.3) is 5.91 Å². The summed E-state index contributed by atoms with van der Waals surface area (Å²) in [5.41, 5.74) is 1.54. The van der Waals surface area contributed by atoms with E-state index in [1.165, 1.54) is 18.5 Å². The van der Waals surface area contributed by atoms with E-state index in [-0.39, 0.29) is 11.5 Å². The molecule has 0 bridgehead atoms. The van der Waals surface area contributed by atoms with Crippen LogP contribution in [0.25, 0.3) is 0 Å². The highest BCUT2D eigenvalue weighted by Crippen LogP contribution is 2.11. The molecule has 5 nitrogen and oxygen atoms in total. The van der Waals surface area contributed by atoms with Crippen LogP contribution < -0.4 is 10.1 Å². The molecule has 0 unspecified atom stereocenters. The van der Waals surface area contributed by atoms with Crippen LogP contribution in [0.4, 0.5) is 0 Å². The molecule has 0 fully saturated rings. The molecule has 0 aliphatic rings. The van der Waals surface area contributed by atoms with Gasteiger partial charge in [-0.15, -0.1) is 0 Å². The molecule has 1 heterocycles. The fraction of sp³-hybridized carbons (Fsp3) is 0.133. The third-order valence-corrected chi connectivity index (χ3v) is 2.80. The minimum Gasteiger partial charge on any atom is -0.497 e. The maximum Gasteiger partial charge on any atom is 0.254 e. The average Bonchev–Trinajstić information content (AvgIpc) is 2.53. The first-order chi connectivity index (χ1) is 9.74. The van der Waals surface area contributed by atoms with Crippen LogP contribution in [0, 0.1) is 11.3 Å². The summed E-state index contributed by atoms with van der Waals surface area (Å²) in [7, 11) is 1.60. The fourth-order valence-corrected chi connectivity index (χ4v) is 1.69. The van der Waals surface area contributed by atoms with Gasteiger partial charge in [-0.1, -0.05) is 12.1 Å². The summed E-state index contributed by atoms with van der Waals surface area (Å²) in [6, 6.07) is 10.9. The van der Waals surface area contributed by atoms with Crippen molar-refractivity contribution in [3.8, 4) is 11.8 Å². The maximum atomic E-state index is 12.0. The van der Waals surface area contributed by atoms with E-state index >= 15 is 0 Å². The van der Waals surface area contributed by atoms with Gasteiger partial charge in [-0.3, -0.25) is 9.78 Å². The van der Waals surface area contributed by atoms with Crippen molar-refractivity contribution < 1.29 is 9.53 Å². The highest BCUT2D eigenvalue weighted by Gasteiger charge is 2.10. The predicted molar refractivity (Wildman–Crippen MR) is 73.1 cm³/mol. The number of hydrogen-bond acceptors (Lipinski definition) is 4. The van der Waals surface area contributed by atoms with Gasteiger partial charge < -0.3 is 10.1 Å². The molecule has 0 aliphatic heterocycles. The zero-order valence-corrected chi connectivity index (χ0v) is 11.0. The Morgan fingerprint density at radius 3 is 2.75 bits per heavy atom. The number of aromatic nitrogens is 1. The van der Waals surface area contributed by atoms with E-state index in [1.807, 2.05) is 30.3 Å². The Hall–Kier alpha value is -2.87. The summed E-state index contributed by atoms with van der Waals surface area (Å²) >= 11 is 0. The quantitative estimate of drug-likeness (QED) is 0.917. The number of carbonyl (C=O) groups excluding carboxylic acids is 1. The number of hydrogen-bond donors (Lipinski definition) is 1. The van der Waals surface area contributed by atoms with Crippen LogP contribution in [0.3, 0.4) is 0 Å². The molecule has 100 valence electrons. The summed E-state index contributed by atoms with van der Waals surface area (Å²) in [6.45, 7) is 0.378. The zero-order valence-electron chi connectivity index (χ0n) is 11.0. The third-order valence-electron chi connectivity index (χ3n) is 2.80.